The molecular formula is C29H26BrN7O5. The number of carbonyl (C=O) groups is 4. The van der Waals surface area contributed by atoms with Crippen molar-refractivity contribution in [2.24, 2.45) is 5.41 Å². The fourth-order valence-electron chi connectivity index (χ4n) is 5.74. The second-order valence-corrected chi connectivity index (χ2v) is 11.6. The van der Waals surface area contributed by atoms with Crippen molar-refractivity contribution < 1.29 is 24.3 Å². The Morgan fingerprint density at radius 2 is 1.81 bits per heavy atom. The monoisotopic (exact) mass is 631 g/mol. The molecule has 3 aromatic heterocycles. The number of hydrogen-bond acceptors (Lipinski definition) is 8. The molecule has 12 nitrogen and oxygen atoms in total. The molecule has 3 atom stereocenters. The van der Waals surface area contributed by atoms with Crippen LogP contribution in [0.1, 0.15) is 41.6 Å². The van der Waals surface area contributed by atoms with Gasteiger partial charge in [0.25, 0.3) is 0 Å². The lowest BCUT2D eigenvalue weighted by atomic mass is 9.99. The van der Waals surface area contributed by atoms with Crippen LogP contribution in [-0.2, 0) is 20.9 Å². The van der Waals surface area contributed by atoms with E-state index in [2.05, 4.69) is 41.3 Å². The molecule has 2 fully saturated rings. The van der Waals surface area contributed by atoms with Gasteiger partial charge in [-0.05, 0) is 71.9 Å². The highest BCUT2D eigenvalue weighted by atomic mass is 79.9. The van der Waals surface area contributed by atoms with Crippen LogP contribution in [0.15, 0.2) is 47.3 Å². The number of benzene rings is 1. The first-order valence-corrected chi connectivity index (χ1v) is 14.1. The molecule has 2 aliphatic rings. The average Bonchev–Trinajstić information content (AvgIpc) is 3.40. The number of nitrogens with zero attached hydrogens (tertiary/aromatic N) is 6. The van der Waals surface area contributed by atoms with Gasteiger partial charge in [0.2, 0.25) is 11.8 Å². The maximum atomic E-state index is 13.8. The third-order valence-electron chi connectivity index (χ3n) is 8.07. The first kappa shape index (κ1) is 27.6. The Morgan fingerprint density at radius 3 is 2.50 bits per heavy atom. The number of carboxylic acid groups (broad SMARTS) is 1. The van der Waals surface area contributed by atoms with Crippen molar-refractivity contribution in [3.05, 3.63) is 64.4 Å². The molecule has 1 saturated carbocycles. The molecule has 1 saturated heterocycles. The zero-order valence-corrected chi connectivity index (χ0v) is 24.5. The highest BCUT2D eigenvalue weighted by molar-refractivity contribution is 9.10. The molecule has 2 N–H and O–H groups in total. The zero-order valence-electron chi connectivity index (χ0n) is 23.0. The summed E-state index contributed by atoms with van der Waals surface area (Å²) in [7, 11) is 0. The molecule has 4 heterocycles. The van der Waals surface area contributed by atoms with Gasteiger partial charge < -0.3 is 15.3 Å². The van der Waals surface area contributed by atoms with E-state index in [-0.39, 0.29) is 30.9 Å². The number of aryl methyl sites for hydroxylation is 2. The number of carboxylic acids is 1. The minimum absolute atomic E-state index is 0.00183. The number of anilines is 1. The van der Waals surface area contributed by atoms with Crippen molar-refractivity contribution in [1.82, 2.24) is 29.6 Å². The molecule has 6 rings (SSSR count). The Bertz CT molecular complexity index is 1800. The van der Waals surface area contributed by atoms with E-state index in [0.717, 1.165) is 16.7 Å². The summed E-state index contributed by atoms with van der Waals surface area (Å²) in [5.74, 6) is -1.32. The van der Waals surface area contributed by atoms with E-state index in [0.29, 0.717) is 27.1 Å². The third-order valence-corrected chi connectivity index (χ3v) is 8.51. The van der Waals surface area contributed by atoms with Gasteiger partial charge in [-0.1, -0.05) is 12.1 Å². The second kappa shape index (κ2) is 10.1. The standard InChI is InChI=1S/C29H26BrN7O5/c1-14-4-7-23(30)33-26(14)34-27(40)21-9-29(28(41)42)10-22(29)37(21)24(39)13-36-20-6-5-17(18-11-31-16(3)32-12-18)8-19(20)25(35-36)15(2)38/h4-8,11-12,21-22H,9-10,13H2,1-3H3,(H,41,42)(H,33,34,40)/t21-,22+,29+/m0/s1. The fourth-order valence-corrected chi connectivity index (χ4v) is 6.05. The fraction of sp³-hybridized carbons (Fsp3) is 0.310. The van der Waals surface area contributed by atoms with Crippen LogP contribution in [0.5, 0.6) is 0 Å². The Hall–Kier alpha value is -4.52. The average molecular weight is 632 g/mol. The predicted molar refractivity (Wildman–Crippen MR) is 155 cm³/mol. The highest BCUT2D eigenvalue weighted by Gasteiger charge is 2.71. The number of aliphatic carboxylic acids is 1. The lowest BCUT2D eigenvalue weighted by Gasteiger charge is -2.27. The number of pyridine rings is 1. The predicted octanol–water partition coefficient (Wildman–Crippen LogP) is 3.55. The zero-order chi connectivity index (χ0) is 29.9. The number of carbonyl (C=O) groups excluding carboxylic acids is 3. The summed E-state index contributed by atoms with van der Waals surface area (Å²) in [5, 5.41) is 17.7. The van der Waals surface area contributed by atoms with Gasteiger partial charge in [0.05, 0.1) is 17.0 Å². The van der Waals surface area contributed by atoms with Crippen LogP contribution in [0.4, 0.5) is 5.82 Å². The quantitative estimate of drug-likeness (QED) is 0.229. The molecule has 1 aromatic carbocycles. The summed E-state index contributed by atoms with van der Waals surface area (Å²) in [6.45, 7) is 4.70. The molecule has 0 bridgehead atoms. The minimum atomic E-state index is -1.17. The number of amides is 2. The number of piperidine rings is 1. The van der Waals surface area contributed by atoms with Crippen molar-refractivity contribution in [3.8, 4) is 11.1 Å². The first-order chi connectivity index (χ1) is 20.0. The number of hydrogen-bond donors (Lipinski definition) is 2. The number of nitrogens with one attached hydrogen (secondary N) is 1. The van der Waals surface area contributed by atoms with E-state index < -0.39 is 35.3 Å². The normalized spacial score (nSPS) is 20.8. The maximum absolute atomic E-state index is 13.8. The van der Waals surface area contributed by atoms with Crippen LogP contribution in [0.25, 0.3) is 22.0 Å². The number of fused-ring (bicyclic) bond motifs is 2. The number of Topliss-reactive ketones (excluding diaryl/α,β-unsaturated/α-hetero) is 1. The first-order valence-electron chi connectivity index (χ1n) is 13.3. The topological polar surface area (TPSA) is 160 Å². The van der Waals surface area contributed by atoms with Crippen molar-refractivity contribution in [2.45, 2.75) is 52.2 Å². The van der Waals surface area contributed by atoms with E-state index >= 15 is 0 Å². The van der Waals surface area contributed by atoms with Crippen LogP contribution >= 0.6 is 15.9 Å². The Labute approximate surface area is 248 Å². The molecule has 4 aromatic rings. The van der Waals surface area contributed by atoms with Crippen molar-refractivity contribution in [1.29, 1.82) is 0 Å². The van der Waals surface area contributed by atoms with Gasteiger partial charge in [-0.3, -0.25) is 23.9 Å². The molecule has 13 heteroatoms. The number of ketones is 1. The van der Waals surface area contributed by atoms with Crippen LogP contribution < -0.4 is 5.32 Å². The largest absolute Gasteiger partial charge is 0.481 e. The van der Waals surface area contributed by atoms with Crippen molar-refractivity contribution in [3.63, 3.8) is 0 Å². The molecular weight excluding hydrogens is 606 g/mol. The molecule has 0 unspecified atom stereocenters. The van der Waals surface area contributed by atoms with Gasteiger partial charge in [-0.15, -0.1) is 0 Å². The van der Waals surface area contributed by atoms with E-state index in [1.807, 2.05) is 12.1 Å². The molecule has 1 aliphatic carbocycles. The highest BCUT2D eigenvalue weighted by Crippen LogP contribution is 2.60. The van der Waals surface area contributed by atoms with Gasteiger partial charge in [0.15, 0.2) is 5.78 Å². The smallest absolute Gasteiger partial charge is 0.311 e. The van der Waals surface area contributed by atoms with Crippen molar-refractivity contribution in [2.75, 3.05) is 5.32 Å². The van der Waals surface area contributed by atoms with Crippen LogP contribution in [0, 0.1) is 19.3 Å². The number of likely N-dealkylation sites (tertiary alicyclic amines) is 1. The van der Waals surface area contributed by atoms with Crippen LogP contribution in [-0.4, -0.2) is 70.4 Å². The summed E-state index contributed by atoms with van der Waals surface area (Å²) in [6, 6.07) is 7.32. The van der Waals surface area contributed by atoms with E-state index in [4.69, 9.17) is 0 Å². The Kier molecular flexibility index (Phi) is 6.64. The number of rotatable bonds is 7. The number of aromatic nitrogens is 5. The summed E-state index contributed by atoms with van der Waals surface area (Å²) in [6.07, 6.45) is 3.66. The van der Waals surface area contributed by atoms with Gasteiger partial charge in [0.1, 0.15) is 34.5 Å². The van der Waals surface area contributed by atoms with Crippen LogP contribution in [0.3, 0.4) is 0 Å². The van der Waals surface area contributed by atoms with Gasteiger partial charge >= 0.3 is 5.97 Å². The van der Waals surface area contributed by atoms with E-state index in [1.165, 1.54) is 16.5 Å². The van der Waals surface area contributed by atoms with Gasteiger partial charge in [-0.25, -0.2) is 15.0 Å². The summed E-state index contributed by atoms with van der Waals surface area (Å²) >= 11 is 3.29. The molecule has 0 spiro atoms. The summed E-state index contributed by atoms with van der Waals surface area (Å²) in [5.41, 5.74) is 1.86. The Morgan fingerprint density at radius 1 is 1.07 bits per heavy atom. The maximum Gasteiger partial charge on any atom is 0.311 e. The SMILES string of the molecule is CC(=O)c1nn(CC(=O)N2[C@H](C(=O)Nc3nc(Br)ccc3C)C[C@@]3(C(=O)O)C[C@@H]23)c2ccc(-c3cnc(C)nc3)cc12. The molecule has 0 radical (unpaired) electrons. The van der Waals surface area contributed by atoms with Gasteiger partial charge in [-0.2, -0.15) is 5.10 Å². The second-order valence-electron chi connectivity index (χ2n) is 10.8. The lowest BCUT2D eigenvalue weighted by molar-refractivity contribution is -0.143. The molecule has 2 amide bonds. The van der Waals surface area contributed by atoms with E-state index in [9.17, 15) is 24.3 Å². The van der Waals surface area contributed by atoms with Gasteiger partial charge in [0, 0.05) is 30.3 Å². The van der Waals surface area contributed by atoms with Crippen molar-refractivity contribution >= 4 is 56.2 Å². The van der Waals surface area contributed by atoms with Crippen LogP contribution in [0.2, 0.25) is 0 Å². The molecule has 1 aliphatic heterocycles. The lowest BCUT2D eigenvalue weighted by Crippen LogP contribution is -2.47. The van der Waals surface area contributed by atoms with E-state index in [1.54, 1.807) is 44.4 Å². The summed E-state index contributed by atoms with van der Waals surface area (Å²) in [4.78, 5) is 66.1. The Balaban J connectivity index is 1.32. The number of halogens is 1. The molecule has 42 heavy (non-hydrogen) atoms. The summed E-state index contributed by atoms with van der Waals surface area (Å²) < 4.78 is 1.96. The minimum Gasteiger partial charge on any atom is -0.481 e. The third kappa shape index (κ3) is 4.63. The molecule has 214 valence electrons.